The number of amides is 1. The first-order valence-corrected chi connectivity index (χ1v) is 9.06. The number of hydrogen-bond acceptors (Lipinski definition) is 3. The molecule has 4 aliphatic rings. The normalized spacial score (nSPS) is 26.2. The molecule has 5 nitrogen and oxygen atoms in total. The minimum Gasteiger partial charge on any atom is -0.348 e. The summed E-state index contributed by atoms with van der Waals surface area (Å²) in [5, 5.41) is 3.20. The van der Waals surface area contributed by atoms with Crippen molar-refractivity contribution in [3.63, 3.8) is 0 Å². The van der Waals surface area contributed by atoms with Crippen LogP contribution in [0.15, 0.2) is 41.3 Å². The van der Waals surface area contributed by atoms with E-state index < -0.39 is 0 Å². The molecule has 1 unspecified atom stereocenters. The summed E-state index contributed by atoms with van der Waals surface area (Å²) in [5.74, 6) is 0.509. The molecule has 1 N–H and O–H groups in total. The van der Waals surface area contributed by atoms with Crippen molar-refractivity contribution in [2.45, 2.75) is 25.3 Å². The molecule has 6 rings (SSSR count). The molecule has 25 heavy (non-hydrogen) atoms. The molecular weight excluding hydrogens is 314 g/mol. The Hall–Kier alpha value is -2.40. The zero-order chi connectivity index (χ0) is 17.0. The zero-order valence-corrected chi connectivity index (χ0v) is 14.1. The first-order chi connectivity index (χ1) is 12.2. The van der Waals surface area contributed by atoms with Crippen LogP contribution in [-0.2, 0) is 6.42 Å². The van der Waals surface area contributed by atoms with E-state index in [0.717, 1.165) is 31.7 Å². The number of carbonyl (C=O) groups is 1. The maximum Gasteiger partial charge on any atom is 0.255 e. The van der Waals surface area contributed by atoms with Crippen LogP contribution in [0.4, 0.5) is 0 Å². The van der Waals surface area contributed by atoms with Crippen molar-refractivity contribution in [3.05, 3.63) is 63.6 Å². The van der Waals surface area contributed by atoms with Crippen LogP contribution < -0.4 is 10.9 Å². The van der Waals surface area contributed by atoms with E-state index in [0.29, 0.717) is 11.5 Å². The van der Waals surface area contributed by atoms with Gasteiger partial charge in [-0.15, -0.1) is 0 Å². The van der Waals surface area contributed by atoms with E-state index in [1.165, 1.54) is 30.0 Å². The van der Waals surface area contributed by atoms with Crippen LogP contribution in [0.5, 0.6) is 0 Å². The SMILES string of the molecule is O=C(NC1CN2CCC1CC2)c1ccc(=O)n(-c2cccc3c2C3)c1. The smallest absolute Gasteiger partial charge is 0.255 e. The van der Waals surface area contributed by atoms with E-state index in [1.807, 2.05) is 12.1 Å². The van der Waals surface area contributed by atoms with Gasteiger partial charge in [-0.2, -0.15) is 0 Å². The number of nitrogens with zero attached hydrogens (tertiary/aromatic N) is 2. The van der Waals surface area contributed by atoms with Crippen LogP contribution in [0.25, 0.3) is 5.69 Å². The van der Waals surface area contributed by atoms with Crippen molar-refractivity contribution in [3.8, 4) is 5.69 Å². The van der Waals surface area contributed by atoms with Crippen molar-refractivity contribution in [1.82, 2.24) is 14.8 Å². The molecule has 2 bridgehead atoms. The fourth-order valence-corrected chi connectivity index (χ4v) is 4.33. The van der Waals surface area contributed by atoms with Gasteiger partial charge >= 0.3 is 0 Å². The van der Waals surface area contributed by atoms with Gasteiger partial charge in [0.05, 0.1) is 11.3 Å². The molecule has 1 atom stereocenters. The lowest BCUT2D eigenvalue weighted by molar-refractivity contribution is 0.0620. The molecular formula is C20H21N3O2. The quantitative estimate of drug-likeness (QED) is 0.790. The lowest BCUT2D eigenvalue weighted by Crippen LogP contribution is -2.57. The van der Waals surface area contributed by atoms with Crippen molar-refractivity contribution in [2.24, 2.45) is 5.92 Å². The second kappa shape index (κ2) is 5.56. The summed E-state index contributed by atoms with van der Waals surface area (Å²) in [4.78, 5) is 27.4. The Labute approximate surface area is 146 Å². The van der Waals surface area contributed by atoms with E-state index in [2.05, 4.69) is 16.3 Å². The van der Waals surface area contributed by atoms with E-state index in [9.17, 15) is 9.59 Å². The topological polar surface area (TPSA) is 54.3 Å². The van der Waals surface area contributed by atoms with Gasteiger partial charge in [0.25, 0.3) is 11.5 Å². The Kier molecular flexibility index (Phi) is 3.31. The number of nitrogens with one attached hydrogen (secondary N) is 1. The molecule has 128 valence electrons. The third-order valence-corrected chi connectivity index (χ3v) is 5.90. The van der Waals surface area contributed by atoms with Gasteiger partial charge in [-0.25, -0.2) is 0 Å². The maximum atomic E-state index is 12.7. The Morgan fingerprint density at radius 3 is 2.72 bits per heavy atom. The summed E-state index contributed by atoms with van der Waals surface area (Å²) in [6.45, 7) is 3.25. The lowest BCUT2D eigenvalue weighted by atomic mass is 9.84. The van der Waals surface area contributed by atoms with Crippen LogP contribution in [0.3, 0.4) is 0 Å². The van der Waals surface area contributed by atoms with E-state index in [1.54, 1.807) is 16.8 Å². The molecule has 1 aromatic carbocycles. The first-order valence-electron chi connectivity index (χ1n) is 9.06. The summed E-state index contributed by atoms with van der Waals surface area (Å²) < 4.78 is 1.61. The average Bonchev–Trinajstić information content (AvgIpc) is 3.43. The van der Waals surface area contributed by atoms with Gasteiger partial charge in [0.1, 0.15) is 0 Å². The van der Waals surface area contributed by atoms with Crippen LogP contribution in [-0.4, -0.2) is 41.1 Å². The molecule has 4 heterocycles. The molecule has 1 aromatic heterocycles. The van der Waals surface area contributed by atoms with Crippen molar-refractivity contribution in [2.75, 3.05) is 19.6 Å². The van der Waals surface area contributed by atoms with E-state index in [4.69, 9.17) is 0 Å². The monoisotopic (exact) mass is 335 g/mol. The highest BCUT2D eigenvalue weighted by molar-refractivity contribution is 5.94. The predicted molar refractivity (Wildman–Crippen MR) is 95.3 cm³/mol. The van der Waals surface area contributed by atoms with Gasteiger partial charge < -0.3 is 10.2 Å². The van der Waals surface area contributed by atoms with Gasteiger partial charge in [0.15, 0.2) is 0 Å². The predicted octanol–water partition coefficient (Wildman–Crippen LogP) is 1.57. The minimum atomic E-state index is -0.0975. The summed E-state index contributed by atoms with van der Waals surface area (Å²) in [7, 11) is 0. The van der Waals surface area contributed by atoms with Gasteiger partial charge in [0.2, 0.25) is 0 Å². The summed E-state index contributed by atoms with van der Waals surface area (Å²) >= 11 is 0. The third kappa shape index (κ3) is 2.59. The third-order valence-electron chi connectivity index (χ3n) is 5.90. The number of pyridine rings is 1. The van der Waals surface area contributed by atoms with Crippen molar-refractivity contribution < 1.29 is 4.79 Å². The minimum absolute atomic E-state index is 0.0792. The average molecular weight is 335 g/mol. The molecule has 3 fully saturated rings. The number of fused-ring (bicyclic) bond motifs is 4. The number of aromatic nitrogens is 1. The molecule has 0 spiro atoms. The molecule has 3 aliphatic heterocycles. The van der Waals surface area contributed by atoms with Gasteiger partial charge in [-0.3, -0.25) is 14.2 Å². The van der Waals surface area contributed by atoms with Gasteiger partial charge in [-0.05, 0) is 55.1 Å². The fourth-order valence-electron chi connectivity index (χ4n) is 4.33. The summed E-state index contributed by atoms with van der Waals surface area (Å²) in [6, 6.07) is 9.35. The molecule has 0 radical (unpaired) electrons. The van der Waals surface area contributed by atoms with Crippen molar-refractivity contribution >= 4 is 5.91 Å². The molecule has 2 aromatic rings. The Morgan fingerprint density at radius 1 is 1.12 bits per heavy atom. The Bertz CT molecular complexity index is 909. The molecule has 0 saturated carbocycles. The largest absolute Gasteiger partial charge is 0.348 e. The Balaban J connectivity index is 1.41. The van der Waals surface area contributed by atoms with Gasteiger partial charge in [-0.1, -0.05) is 12.1 Å². The molecule has 3 saturated heterocycles. The standard InChI is InChI=1S/C20H21N3O2/c24-19-5-4-15(11-23(19)18-3-1-2-14-10-16(14)18)20(25)21-17-12-22-8-6-13(17)7-9-22/h1-5,11,13,17H,6-10,12H2,(H,21,25). The van der Waals surface area contributed by atoms with Crippen molar-refractivity contribution in [1.29, 1.82) is 0 Å². The summed E-state index contributed by atoms with van der Waals surface area (Å²) in [5.41, 5.74) is 3.85. The van der Waals surface area contributed by atoms with E-state index in [-0.39, 0.29) is 17.5 Å². The van der Waals surface area contributed by atoms with Crippen LogP contribution in [0.2, 0.25) is 0 Å². The fraction of sp³-hybridized carbons (Fsp3) is 0.400. The highest BCUT2D eigenvalue weighted by Gasteiger charge is 2.35. The van der Waals surface area contributed by atoms with Crippen LogP contribution >= 0.6 is 0 Å². The molecule has 1 amide bonds. The number of piperidine rings is 3. The molecule has 5 heteroatoms. The number of hydrogen-bond donors (Lipinski definition) is 1. The molecule has 1 aliphatic carbocycles. The Morgan fingerprint density at radius 2 is 1.96 bits per heavy atom. The van der Waals surface area contributed by atoms with Gasteiger partial charge in [0, 0.05) is 31.3 Å². The second-order valence-corrected chi connectivity index (χ2v) is 7.44. The summed E-state index contributed by atoms with van der Waals surface area (Å²) in [6.07, 6.45) is 4.96. The first kappa shape index (κ1) is 14.9. The maximum absolute atomic E-state index is 12.7. The number of benzene rings is 1. The highest BCUT2D eigenvalue weighted by atomic mass is 16.2. The van der Waals surface area contributed by atoms with Crippen LogP contribution in [0.1, 0.15) is 34.3 Å². The lowest BCUT2D eigenvalue weighted by Gasteiger charge is -2.44. The zero-order valence-electron chi connectivity index (χ0n) is 14.1. The second-order valence-electron chi connectivity index (χ2n) is 7.44. The number of carbonyl (C=O) groups excluding carboxylic acids is 1. The highest BCUT2D eigenvalue weighted by Crippen LogP contribution is 2.33. The van der Waals surface area contributed by atoms with E-state index >= 15 is 0 Å². The number of rotatable bonds is 3. The van der Waals surface area contributed by atoms with Crippen LogP contribution in [0, 0.1) is 5.92 Å².